The molecular weight excluding hydrogens is 242 g/mol. The molecule has 0 fully saturated rings. The highest BCUT2D eigenvalue weighted by molar-refractivity contribution is 7.89. The summed E-state index contributed by atoms with van der Waals surface area (Å²) in [6.45, 7) is 0.982. The Morgan fingerprint density at radius 2 is 2.18 bits per heavy atom. The van der Waals surface area contributed by atoms with E-state index in [1.165, 1.54) is 18.3 Å². The summed E-state index contributed by atoms with van der Waals surface area (Å²) in [6, 6.07) is 2.79. The van der Waals surface area contributed by atoms with Crippen molar-refractivity contribution >= 4 is 15.8 Å². The zero-order valence-electron chi connectivity index (χ0n) is 9.84. The molecule has 0 aliphatic carbocycles. The van der Waals surface area contributed by atoms with E-state index in [0.29, 0.717) is 18.9 Å². The third kappa shape index (κ3) is 4.27. The number of hydrazine groups is 1. The topological polar surface area (TPSA) is 100 Å². The number of aromatic nitrogens is 1. The first-order chi connectivity index (χ1) is 7.95. The molecule has 96 valence electrons. The molecule has 0 unspecified atom stereocenters. The number of rotatable bonds is 6. The summed E-state index contributed by atoms with van der Waals surface area (Å²) in [6.07, 6.45) is 1.38. The second kappa shape index (κ2) is 5.92. The van der Waals surface area contributed by atoms with Crippen LogP contribution in [0.15, 0.2) is 23.2 Å². The fraction of sp³-hybridized carbons (Fsp3) is 0.444. The highest BCUT2D eigenvalue weighted by atomic mass is 32.2. The predicted octanol–water partition coefficient (Wildman–Crippen LogP) is -0.793. The molecule has 7 nitrogen and oxygen atoms in total. The van der Waals surface area contributed by atoms with Gasteiger partial charge in [0.1, 0.15) is 5.82 Å². The zero-order valence-corrected chi connectivity index (χ0v) is 10.7. The van der Waals surface area contributed by atoms with Crippen molar-refractivity contribution in [2.45, 2.75) is 4.90 Å². The van der Waals surface area contributed by atoms with Gasteiger partial charge in [0.05, 0.1) is 4.90 Å². The predicted molar refractivity (Wildman–Crippen MR) is 65.8 cm³/mol. The molecule has 0 saturated carbocycles. The van der Waals surface area contributed by atoms with Gasteiger partial charge in [0.15, 0.2) is 0 Å². The third-order valence-electron chi connectivity index (χ3n) is 2.04. The largest absolute Gasteiger partial charge is 0.308 e. The third-order valence-corrected chi connectivity index (χ3v) is 3.50. The van der Waals surface area contributed by atoms with E-state index >= 15 is 0 Å². The maximum Gasteiger partial charge on any atom is 0.240 e. The lowest BCUT2D eigenvalue weighted by Crippen LogP contribution is -2.31. The van der Waals surface area contributed by atoms with E-state index in [1.54, 1.807) is 0 Å². The molecule has 0 bridgehead atoms. The number of nitrogen functional groups attached to an aromatic ring is 1. The first kappa shape index (κ1) is 13.8. The number of nitrogens with zero attached hydrogens (tertiary/aromatic N) is 2. The zero-order chi connectivity index (χ0) is 12.9. The van der Waals surface area contributed by atoms with Crippen LogP contribution in [-0.4, -0.2) is 45.5 Å². The van der Waals surface area contributed by atoms with Crippen LogP contribution in [0.1, 0.15) is 0 Å². The molecule has 17 heavy (non-hydrogen) atoms. The summed E-state index contributed by atoms with van der Waals surface area (Å²) in [5.41, 5.74) is 2.30. The molecule has 1 heterocycles. The minimum absolute atomic E-state index is 0.138. The normalized spacial score (nSPS) is 11.8. The van der Waals surface area contributed by atoms with E-state index in [4.69, 9.17) is 5.84 Å². The highest BCUT2D eigenvalue weighted by Crippen LogP contribution is 2.11. The van der Waals surface area contributed by atoms with Gasteiger partial charge in [-0.15, -0.1) is 0 Å². The quantitative estimate of drug-likeness (QED) is 0.457. The lowest BCUT2D eigenvalue weighted by molar-refractivity contribution is 0.412. The fourth-order valence-corrected chi connectivity index (χ4v) is 2.18. The van der Waals surface area contributed by atoms with Gasteiger partial charge < -0.3 is 10.3 Å². The first-order valence-corrected chi connectivity index (χ1v) is 6.51. The van der Waals surface area contributed by atoms with E-state index in [1.807, 2.05) is 19.0 Å². The number of nitrogens with two attached hydrogens (primary N) is 1. The van der Waals surface area contributed by atoms with Gasteiger partial charge in [-0.1, -0.05) is 0 Å². The van der Waals surface area contributed by atoms with Gasteiger partial charge in [0.25, 0.3) is 0 Å². The summed E-state index contributed by atoms with van der Waals surface area (Å²) in [5.74, 6) is 5.47. The van der Waals surface area contributed by atoms with E-state index in [-0.39, 0.29) is 4.90 Å². The van der Waals surface area contributed by atoms with Crippen LogP contribution in [0, 0.1) is 0 Å². The monoisotopic (exact) mass is 259 g/mol. The van der Waals surface area contributed by atoms with Crippen molar-refractivity contribution in [1.29, 1.82) is 0 Å². The van der Waals surface area contributed by atoms with E-state index in [2.05, 4.69) is 15.1 Å². The number of hydrogen-bond acceptors (Lipinski definition) is 6. The summed E-state index contributed by atoms with van der Waals surface area (Å²) in [4.78, 5) is 5.87. The molecule has 8 heteroatoms. The minimum Gasteiger partial charge on any atom is -0.308 e. The summed E-state index contributed by atoms with van der Waals surface area (Å²) in [7, 11) is 0.244. The Labute approximate surface area is 101 Å². The van der Waals surface area contributed by atoms with Gasteiger partial charge in [-0.05, 0) is 20.2 Å². The first-order valence-electron chi connectivity index (χ1n) is 5.03. The second-order valence-electron chi connectivity index (χ2n) is 3.72. The molecule has 1 rings (SSSR count). The number of pyridine rings is 1. The van der Waals surface area contributed by atoms with Crippen molar-refractivity contribution < 1.29 is 8.42 Å². The average molecular weight is 259 g/mol. The van der Waals surface area contributed by atoms with Crippen LogP contribution >= 0.6 is 0 Å². The number of likely N-dealkylation sites (N-methyl/N-ethyl adjacent to an activating group) is 1. The minimum atomic E-state index is -3.50. The Morgan fingerprint density at radius 3 is 2.76 bits per heavy atom. The van der Waals surface area contributed by atoms with Gasteiger partial charge in [-0.25, -0.2) is 24.0 Å². The van der Waals surface area contributed by atoms with Crippen molar-refractivity contribution in [3.8, 4) is 0 Å². The van der Waals surface area contributed by atoms with Crippen molar-refractivity contribution in [1.82, 2.24) is 14.6 Å². The number of hydrogen-bond donors (Lipinski definition) is 3. The maximum atomic E-state index is 11.9. The van der Waals surface area contributed by atoms with Gasteiger partial charge in [-0.2, -0.15) is 0 Å². The smallest absolute Gasteiger partial charge is 0.240 e. The molecule has 0 spiro atoms. The molecule has 0 atom stereocenters. The van der Waals surface area contributed by atoms with Crippen LogP contribution in [0.4, 0.5) is 5.82 Å². The Bertz CT molecular complexity index is 460. The van der Waals surface area contributed by atoms with E-state index in [9.17, 15) is 8.42 Å². The van der Waals surface area contributed by atoms with Crippen LogP contribution < -0.4 is 16.0 Å². The summed E-state index contributed by atoms with van der Waals surface area (Å²) in [5, 5.41) is 0. The standard InChI is InChI=1S/C9H17N5O2S/c1-14(2)6-5-12-17(15,16)8-3-4-11-9(7-8)13-10/h3-4,7,12H,5-6,10H2,1-2H3,(H,11,13). The Hall–Kier alpha value is -1.22. The van der Waals surface area contributed by atoms with Crippen LogP contribution in [0.2, 0.25) is 0 Å². The van der Waals surface area contributed by atoms with E-state index < -0.39 is 10.0 Å². The Balaban J connectivity index is 2.75. The van der Waals surface area contributed by atoms with E-state index in [0.717, 1.165) is 0 Å². The fourth-order valence-electron chi connectivity index (χ4n) is 1.14. The maximum absolute atomic E-state index is 11.9. The van der Waals surface area contributed by atoms with Crippen molar-refractivity contribution in [3.63, 3.8) is 0 Å². The van der Waals surface area contributed by atoms with Crippen LogP contribution in [-0.2, 0) is 10.0 Å². The molecule has 0 amide bonds. The van der Waals surface area contributed by atoms with Crippen LogP contribution in [0.25, 0.3) is 0 Å². The van der Waals surface area contributed by atoms with Crippen molar-refractivity contribution in [2.24, 2.45) is 5.84 Å². The summed E-state index contributed by atoms with van der Waals surface area (Å²) >= 11 is 0. The molecule has 0 aliphatic rings. The SMILES string of the molecule is CN(C)CCNS(=O)(=O)c1ccnc(NN)c1. The van der Waals surface area contributed by atoms with Gasteiger partial charge in [0.2, 0.25) is 10.0 Å². The average Bonchev–Trinajstić information content (AvgIpc) is 2.28. The number of anilines is 1. The Morgan fingerprint density at radius 1 is 1.47 bits per heavy atom. The lowest BCUT2D eigenvalue weighted by atomic mass is 10.5. The number of sulfonamides is 1. The number of nitrogens with one attached hydrogen (secondary N) is 2. The lowest BCUT2D eigenvalue weighted by Gasteiger charge is -2.11. The molecule has 1 aromatic rings. The van der Waals surface area contributed by atoms with Gasteiger partial charge in [-0.3, -0.25) is 0 Å². The Kier molecular flexibility index (Phi) is 4.82. The molecule has 1 aromatic heterocycles. The summed E-state index contributed by atoms with van der Waals surface area (Å²) < 4.78 is 26.2. The highest BCUT2D eigenvalue weighted by Gasteiger charge is 2.13. The second-order valence-corrected chi connectivity index (χ2v) is 5.49. The van der Waals surface area contributed by atoms with Crippen LogP contribution in [0.3, 0.4) is 0 Å². The van der Waals surface area contributed by atoms with Crippen molar-refractivity contribution in [2.75, 3.05) is 32.6 Å². The molecule has 0 saturated heterocycles. The van der Waals surface area contributed by atoms with Crippen molar-refractivity contribution in [3.05, 3.63) is 18.3 Å². The van der Waals surface area contributed by atoms with Crippen LogP contribution in [0.5, 0.6) is 0 Å². The molecule has 0 aliphatic heterocycles. The molecule has 0 radical (unpaired) electrons. The molecular formula is C9H17N5O2S. The molecule has 0 aromatic carbocycles. The van der Waals surface area contributed by atoms with Gasteiger partial charge in [0, 0.05) is 25.4 Å². The molecule has 4 N–H and O–H groups in total. The van der Waals surface area contributed by atoms with Gasteiger partial charge >= 0.3 is 0 Å².